The van der Waals surface area contributed by atoms with Crippen LogP contribution in [0.15, 0.2) is 12.1 Å². The molecule has 0 radical (unpaired) electrons. The number of halogens is 3. The lowest BCUT2D eigenvalue weighted by Crippen LogP contribution is -2.45. The minimum Gasteiger partial charge on any atom is -0.315 e. The fourth-order valence-corrected chi connectivity index (χ4v) is 3.12. The number of nitrogens with zero attached hydrogens (tertiary/aromatic N) is 1. The van der Waals surface area contributed by atoms with Crippen LogP contribution in [0.1, 0.15) is 31.4 Å². The Balaban J connectivity index is 2.18. The molecule has 106 valence electrons. The van der Waals surface area contributed by atoms with Crippen LogP contribution in [0, 0.1) is 5.82 Å². The average molecular weight is 305 g/mol. The lowest BCUT2D eigenvalue weighted by Gasteiger charge is -2.36. The highest BCUT2D eigenvalue weighted by Gasteiger charge is 2.24. The zero-order valence-electron chi connectivity index (χ0n) is 11.2. The number of hydrogen-bond acceptors (Lipinski definition) is 2. The summed E-state index contributed by atoms with van der Waals surface area (Å²) in [5, 5.41) is 3.98. The van der Waals surface area contributed by atoms with Crippen LogP contribution in [0.5, 0.6) is 0 Å². The molecule has 2 nitrogen and oxygen atoms in total. The Kier molecular flexibility index (Phi) is 5.07. The normalized spacial score (nSPS) is 21.7. The zero-order valence-corrected chi connectivity index (χ0v) is 12.7. The molecular formula is C14H19Cl2FN2. The largest absolute Gasteiger partial charge is 0.315 e. The Morgan fingerprint density at radius 1 is 1.37 bits per heavy atom. The molecule has 1 aliphatic rings. The van der Waals surface area contributed by atoms with Gasteiger partial charge in [0.1, 0.15) is 5.82 Å². The van der Waals surface area contributed by atoms with E-state index in [1.165, 1.54) is 18.6 Å². The number of hydrogen-bond donors (Lipinski definition) is 1. The third kappa shape index (κ3) is 3.40. The molecule has 1 aromatic carbocycles. The second-order valence-corrected chi connectivity index (χ2v) is 5.94. The first-order valence-corrected chi connectivity index (χ1v) is 7.33. The molecule has 0 aromatic heterocycles. The SMILES string of the molecule is CC(c1cc(F)c(Cl)cc1Cl)N(C)C1CCCNC1. The van der Waals surface area contributed by atoms with E-state index in [1.54, 1.807) is 0 Å². The monoisotopic (exact) mass is 304 g/mol. The van der Waals surface area contributed by atoms with Crippen molar-refractivity contribution in [2.24, 2.45) is 0 Å². The van der Waals surface area contributed by atoms with Crippen molar-refractivity contribution < 1.29 is 4.39 Å². The highest BCUT2D eigenvalue weighted by atomic mass is 35.5. The molecule has 0 aliphatic carbocycles. The summed E-state index contributed by atoms with van der Waals surface area (Å²) in [7, 11) is 2.06. The van der Waals surface area contributed by atoms with Crippen molar-refractivity contribution in [1.82, 2.24) is 10.2 Å². The quantitative estimate of drug-likeness (QED) is 0.853. The molecule has 0 saturated carbocycles. The van der Waals surface area contributed by atoms with Crippen molar-refractivity contribution >= 4 is 23.2 Å². The summed E-state index contributed by atoms with van der Waals surface area (Å²) in [6.45, 7) is 4.09. The molecule has 2 unspecified atom stereocenters. The van der Waals surface area contributed by atoms with Crippen LogP contribution in [-0.2, 0) is 0 Å². The first-order chi connectivity index (χ1) is 9.00. The Labute approximate surface area is 123 Å². The molecule has 1 fully saturated rings. The molecule has 1 aliphatic heterocycles. The van der Waals surface area contributed by atoms with Gasteiger partial charge in [-0.25, -0.2) is 4.39 Å². The predicted octanol–water partition coefficient (Wildman–Crippen LogP) is 3.88. The van der Waals surface area contributed by atoms with Gasteiger partial charge in [0.25, 0.3) is 0 Å². The van der Waals surface area contributed by atoms with Gasteiger partial charge in [-0.1, -0.05) is 23.2 Å². The van der Waals surface area contributed by atoms with Gasteiger partial charge in [-0.05, 0) is 51.1 Å². The predicted molar refractivity (Wildman–Crippen MR) is 78.5 cm³/mol. The van der Waals surface area contributed by atoms with Gasteiger partial charge >= 0.3 is 0 Å². The minimum absolute atomic E-state index is 0.0594. The number of likely N-dealkylation sites (N-methyl/N-ethyl adjacent to an activating group) is 1. The van der Waals surface area contributed by atoms with E-state index in [2.05, 4.69) is 17.3 Å². The Morgan fingerprint density at radius 2 is 2.11 bits per heavy atom. The van der Waals surface area contributed by atoms with Gasteiger partial charge in [-0.2, -0.15) is 0 Å². The van der Waals surface area contributed by atoms with E-state index in [0.29, 0.717) is 11.1 Å². The summed E-state index contributed by atoms with van der Waals surface area (Å²) in [5.41, 5.74) is 0.789. The summed E-state index contributed by atoms with van der Waals surface area (Å²) in [6.07, 6.45) is 2.33. The van der Waals surface area contributed by atoms with E-state index in [9.17, 15) is 4.39 Å². The molecule has 0 spiro atoms. The maximum Gasteiger partial charge on any atom is 0.142 e. The van der Waals surface area contributed by atoms with Crippen molar-refractivity contribution in [2.45, 2.75) is 31.8 Å². The number of nitrogens with one attached hydrogen (secondary N) is 1. The fourth-order valence-electron chi connectivity index (χ4n) is 2.57. The standard InChI is InChI=1S/C14H19Cl2FN2/c1-9(19(2)10-4-3-5-18-8-10)11-6-14(17)13(16)7-12(11)15/h6-7,9-10,18H,3-5,8H2,1-2H3. The lowest BCUT2D eigenvalue weighted by atomic mass is 10.0. The van der Waals surface area contributed by atoms with E-state index in [1.807, 2.05) is 6.92 Å². The maximum atomic E-state index is 13.6. The molecule has 1 heterocycles. The van der Waals surface area contributed by atoms with Crippen LogP contribution in [-0.4, -0.2) is 31.1 Å². The second kappa shape index (κ2) is 6.40. The second-order valence-electron chi connectivity index (χ2n) is 5.13. The maximum absolute atomic E-state index is 13.6. The Morgan fingerprint density at radius 3 is 2.74 bits per heavy atom. The smallest absolute Gasteiger partial charge is 0.142 e. The summed E-state index contributed by atoms with van der Waals surface area (Å²) in [5.74, 6) is -0.414. The molecule has 2 rings (SSSR count). The van der Waals surface area contributed by atoms with Gasteiger partial charge in [0.05, 0.1) is 5.02 Å². The summed E-state index contributed by atoms with van der Waals surface area (Å²) in [4.78, 5) is 2.25. The topological polar surface area (TPSA) is 15.3 Å². The fraction of sp³-hybridized carbons (Fsp3) is 0.571. The molecule has 0 bridgehead atoms. The summed E-state index contributed by atoms with van der Waals surface area (Å²) < 4.78 is 13.6. The van der Waals surface area contributed by atoms with Crippen LogP contribution in [0.25, 0.3) is 0 Å². The molecule has 0 amide bonds. The van der Waals surface area contributed by atoms with Gasteiger partial charge in [0, 0.05) is 23.7 Å². The van der Waals surface area contributed by atoms with Gasteiger partial charge in [0.15, 0.2) is 0 Å². The Hall–Kier alpha value is -0.350. The molecule has 1 aromatic rings. The summed E-state index contributed by atoms with van der Waals surface area (Å²) >= 11 is 11.9. The van der Waals surface area contributed by atoms with E-state index in [-0.39, 0.29) is 11.1 Å². The van der Waals surface area contributed by atoms with Crippen molar-refractivity contribution in [3.05, 3.63) is 33.6 Å². The number of piperidine rings is 1. The van der Waals surface area contributed by atoms with Crippen molar-refractivity contribution in [3.8, 4) is 0 Å². The average Bonchev–Trinajstić information content (AvgIpc) is 2.42. The molecule has 19 heavy (non-hydrogen) atoms. The molecule has 2 atom stereocenters. The van der Waals surface area contributed by atoms with E-state index < -0.39 is 5.82 Å². The van der Waals surface area contributed by atoms with E-state index in [0.717, 1.165) is 25.1 Å². The van der Waals surface area contributed by atoms with Gasteiger partial charge in [-0.15, -0.1) is 0 Å². The van der Waals surface area contributed by atoms with Crippen molar-refractivity contribution in [2.75, 3.05) is 20.1 Å². The van der Waals surface area contributed by atoms with Crippen LogP contribution >= 0.6 is 23.2 Å². The van der Waals surface area contributed by atoms with Gasteiger partial charge in [0.2, 0.25) is 0 Å². The highest BCUT2D eigenvalue weighted by molar-refractivity contribution is 6.35. The highest BCUT2D eigenvalue weighted by Crippen LogP contribution is 2.32. The van der Waals surface area contributed by atoms with E-state index in [4.69, 9.17) is 23.2 Å². The van der Waals surface area contributed by atoms with Crippen LogP contribution in [0.4, 0.5) is 4.39 Å². The first-order valence-electron chi connectivity index (χ1n) is 6.57. The summed E-state index contributed by atoms with van der Waals surface area (Å²) in [6, 6.07) is 3.45. The van der Waals surface area contributed by atoms with Gasteiger partial charge in [-0.3, -0.25) is 4.90 Å². The molecule has 1 saturated heterocycles. The number of rotatable bonds is 3. The first kappa shape index (κ1) is 15.0. The van der Waals surface area contributed by atoms with Crippen LogP contribution < -0.4 is 5.32 Å². The third-order valence-corrected chi connectivity index (χ3v) is 4.56. The van der Waals surface area contributed by atoms with Crippen LogP contribution in [0.2, 0.25) is 10.0 Å². The minimum atomic E-state index is -0.414. The lowest BCUT2D eigenvalue weighted by molar-refractivity contribution is 0.156. The molecule has 1 N–H and O–H groups in total. The van der Waals surface area contributed by atoms with Crippen LogP contribution in [0.3, 0.4) is 0 Å². The number of benzene rings is 1. The zero-order chi connectivity index (χ0) is 14.0. The Bertz CT molecular complexity index is 447. The third-order valence-electron chi connectivity index (χ3n) is 3.95. The van der Waals surface area contributed by atoms with Crippen molar-refractivity contribution in [1.29, 1.82) is 0 Å². The molecular weight excluding hydrogens is 286 g/mol. The van der Waals surface area contributed by atoms with E-state index >= 15 is 0 Å². The van der Waals surface area contributed by atoms with Crippen molar-refractivity contribution in [3.63, 3.8) is 0 Å². The molecule has 5 heteroatoms. The van der Waals surface area contributed by atoms with Gasteiger partial charge < -0.3 is 5.32 Å².